The number of aryl methyl sites for hydroxylation is 1. The first-order valence-electron chi connectivity index (χ1n) is 6.22. The van der Waals surface area contributed by atoms with Crippen LogP contribution in [0.1, 0.15) is 18.9 Å². The van der Waals surface area contributed by atoms with Gasteiger partial charge in [-0.25, -0.2) is 4.68 Å². The van der Waals surface area contributed by atoms with Gasteiger partial charge in [0, 0.05) is 23.6 Å². The molecule has 0 bridgehead atoms. The molecule has 0 aliphatic heterocycles. The van der Waals surface area contributed by atoms with Crippen molar-refractivity contribution >= 4 is 17.6 Å². The lowest BCUT2D eigenvalue weighted by Gasteiger charge is -2.10. The molecule has 0 fully saturated rings. The molecule has 1 aromatic carbocycles. The lowest BCUT2D eigenvalue weighted by molar-refractivity contribution is -0.138. The quantitative estimate of drug-likeness (QED) is 0.916. The molecule has 0 saturated heterocycles. The Kier molecular flexibility index (Phi) is 4.34. The third-order valence-corrected chi connectivity index (χ3v) is 3.38. The number of hydrogen-bond donors (Lipinski definition) is 1. The largest absolute Gasteiger partial charge is 0.481 e. The van der Waals surface area contributed by atoms with E-state index in [1.807, 2.05) is 26.0 Å². The van der Waals surface area contributed by atoms with E-state index in [0.29, 0.717) is 17.4 Å². The highest BCUT2D eigenvalue weighted by Gasteiger charge is 2.14. The number of carboxylic acid groups (broad SMARTS) is 1. The summed E-state index contributed by atoms with van der Waals surface area (Å²) >= 11 is 6.10. The van der Waals surface area contributed by atoms with Crippen molar-refractivity contribution in [1.29, 1.82) is 0 Å². The Morgan fingerprint density at radius 1 is 1.50 bits per heavy atom. The van der Waals surface area contributed by atoms with Crippen molar-refractivity contribution in [1.82, 2.24) is 20.2 Å². The monoisotopic (exact) mass is 294 g/mol. The molecule has 1 heterocycles. The molecule has 1 N–H and O–H groups in total. The SMILES string of the molecule is Cc1ccc(-c2nnnn2CC(C)CC(=O)O)cc1Cl. The number of carboxylic acids is 1. The maximum Gasteiger partial charge on any atom is 0.303 e. The molecule has 2 rings (SSSR count). The first kappa shape index (κ1) is 14.5. The zero-order chi connectivity index (χ0) is 14.7. The molecule has 2 aromatic rings. The van der Waals surface area contributed by atoms with Gasteiger partial charge in [0.15, 0.2) is 5.82 Å². The summed E-state index contributed by atoms with van der Waals surface area (Å²) in [6, 6.07) is 5.60. The summed E-state index contributed by atoms with van der Waals surface area (Å²) in [5.41, 5.74) is 1.79. The van der Waals surface area contributed by atoms with E-state index in [-0.39, 0.29) is 12.3 Å². The number of hydrogen-bond acceptors (Lipinski definition) is 4. The number of rotatable bonds is 5. The van der Waals surface area contributed by atoms with Crippen LogP contribution in [0.2, 0.25) is 5.02 Å². The van der Waals surface area contributed by atoms with Gasteiger partial charge in [-0.05, 0) is 34.9 Å². The van der Waals surface area contributed by atoms with Gasteiger partial charge in [0.25, 0.3) is 0 Å². The van der Waals surface area contributed by atoms with Crippen molar-refractivity contribution in [2.45, 2.75) is 26.8 Å². The molecule has 20 heavy (non-hydrogen) atoms. The molecule has 0 aliphatic rings. The van der Waals surface area contributed by atoms with E-state index in [4.69, 9.17) is 16.7 Å². The van der Waals surface area contributed by atoms with Gasteiger partial charge in [0.05, 0.1) is 0 Å². The number of aliphatic carboxylic acids is 1. The molecule has 0 radical (unpaired) electrons. The molecule has 106 valence electrons. The van der Waals surface area contributed by atoms with Gasteiger partial charge in [-0.15, -0.1) is 5.10 Å². The van der Waals surface area contributed by atoms with Crippen molar-refractivity contribution in [2.24, 2.45) is 5.92 Å². The highest BCUT2D eigenvalue weighted by molar-refractivity contribution is 6.31. The molecule has 6 nitrogen and oxygen atoms in total. The van der Waals surface area contributed by atoms with Crippen molar-refractivity contribution in [3.63, 3.8) is 0 Å². The van der Waals surface area contributed by atoms with Gasteiger partial charge in [-0.3, -0.25) is 4.79 Å². The highest BCUT2D eigenvalue weighted by atomic mass is 35.5. The third kappa shape index (κ3) is 3.33. The van der Waals surface area contributed by atoms with E-state index in [1.54, 1.807) is 10.7 Å². The molecule has 0 aliphatic carbocycles. The van der Waals surface area contributed by atoms with Crippen LogP contribution in [-0.2, 0) is 11.3 Å². The molecule has 0 amide bonds. The molecule has 1 aromatic heterocycles. The topological polar surface area (TPSA) is 80.9 Å². The second-order valence-corrected chi connectivity index (χ2v) is 5.26. The van der Waals surface area contributed by atoms with Crippen LogP contribution in [0.3, 0.4) is 0 Å². The fourth-order valence-electron chi connectivity index (χ4n) is 1.92. The van der Waals surface area contributed by atoms with Crippen molar-refractivity contribution < 1.29 is 9.90 Å². The van der Waals surface area contributed by atoms with Gasteiger partial charge in [-0.2, -0.15) is 0 Å². The Morgan fingerprint density at radius 2 is 2.25 bits per heavy atom. The van der Waals surface area contributed by atoms with E-state index >= 15 is 0 Å². The Morgan fingerprint density at radius 3 is 2.90 bits per heavy atom. The summed E-state index contributed by atoms with van der Waals surface area (Å²) in [5, 5.41) is 21.0. The molecular weight excluding hydrogens is 280 g/mol. The van der Waals surface area contributed by atoms with Gasteiger partial charge >= 0.3 is 5.97 Å². The minimum atomic E-state index is -0.828. The molecule has 1 atom stereocenters. The van der Waals surface area contributed by atoms with Gasteiger partial charge in [0.1, 0.15) is 0 Å². The molecule has 0 spiro atoms. The van der Waals surface area contributed by atoms with Gasteiger partial charge in [-0.1, -0.05) is 30.7 Å². The first-order valence-corrected chi connectivity index (χ1v) is 6.59. The predicted molar refractivity (Wildman–Crippen MR) is 74.4 cm³/mol. The van der Waals surface area contributed by atoms with Crippen LogP contribution in [-0.4, -0.2) is 31.3 Å². The summed E-state index contributed by atoms with van der Waals surface area (Å²) in [5.74, 6) is -0.301. The number of carbonyl (C=O) groups is 1. The average Bonchev–Trinajstić information content (AvgIpc) is 2.79. The lowest BCUT2D eigenvalue weighted by Crippen LogP contribution is -2.14. The maximum absolute atomic E-state index is 10.7. The first-order chi connectivity index (χ1) is 9.47. The summed E-state index contributed by atoms with van der Waals surface area (Å²) in [4.78, 5) is 10.7. The lowest BCUT2D eigenvalue weighted by atomic mass is 10.1. The van der Waals surface area contributed by atoms with E-state index < -0.39 is 5.97 Å². The molecule has 7 heteroatoms. The zero-order valence-corrected chi connectivity index (χ0v) is 12.0. The van der Waals surface area contributed by atoms with E-state index in [9.17, 15) is 4.79 Å². The Labute approximate surface area is 121 Å². The number of benzene rings is 1. The molecule has 0 saturated carbocycles. The normalized spacial score (nSPS) is 12.3. The Bertz CT molecular complexity index is 627. The van der Waals surface area contributed by atoms with E-state index in [2.05, 4.69) is 15.5 Å². The number of tetrazole rings is 1. The van der Waals surface area contributed by atoms with Gasteiger partial charge in [0.2, 0.25) is 0 Å². The minimum Gasteiger partial charge on any atom is -0.481 e. The van der Waals surface area contributed by atoms with E-state index in [0.717, 1.165) is 11.1 Å². The molecule has 1 unspecified atom stereocenters. The second kappa shape index (κ2) is 6.00. The van der Waals surface area contributed by atoms with Crippen LogP contribution >= 0.6 is 11.6 Å². The zero-order valence-electron chi connectivity index (χ0n) is 11.2. The highest BCUT2D eigenvalue weighted by Crippen LogP contribution is 2.23. The second-order valence-electron chi connectivity index (χ2n) is 4.85. The number of nitrogens with zero attached hydrogens (tertiary/aromatic N) is 4. The van der Waals surface area contributed by atoms with Crippen LogP contribution in [0.4, 0.5) is 0 Å². The minimum absolute atomic E-state index is 0.0596. The summed E-state index contributed by atoms with van der Waals surface area (Å²) in [6.45, 7) is 4.21. The van der Waals surface area contributed by atoms with Crippen LogP contribution in [0.5, 0.6) is 0 Å². The van der Waals surface area contributed by atoms with Crippen LogP contribution in [0.15, 0.2) is 18.2 Å². The van der Waals surface area contributed by atoms with Crippen molar-refractivity contribution in [3.8, 4) is 11.4 Å². The summed E-state index contributed by atoms with van der Waals surface area (Å²) < 4.78 is 1.61. The Balaban J connectivity index is 2.23. The Hall–Kier alpha value is -1.95. The standard InChI is InChI=1S/C13H15ClN4O2/c1-8(5-12(19)20)7-18-13(15-16-17-18)10-4-3-9(2)11(14)6-10/h3-4,6,8H,5,7H2,1-2H3,(H,19,20). The van der Waals surface area contributed by atoms with Crippen LogP contribution < -0.4 is 0 Å². The fraction of sp³-hybridized carbons (Fsp3) is 0.385. The summed E-state index contributed by atoms with van der Waals surface area (Å²) in [6.07, 6.45) is 0.0773. The number of halogens is 1. The molecular formula is C13H15ClN4O2. The van der Waals surface area contributed by atoms with E-state index in [1.165, 1.54) is 0 Å². The smallest absolute Gasteiger partial charge is 0.303 e. The average molecular weight is 295 g/mol. The van der Waals surface area contributed by atoms with Crippen LogP contribution in [0.25, 0.3) is 11.4 Å². The number of aromatic nitrogens is 4. The van der Waals surface area contributed by atoms with Crippen molar-refractivity contribution in [3.05, 3.63) is 28.8 Å². The maximum atomic E-state index is 10.7. The van der Waals surface area contributed by atoms with Gasteiger partial charge < -0.3 is 5.11 Å². The van der Waals surface area contributed by atoms with Crippen LogP contribution in [0, 0.1) is 12.8 Å². The third-order valence-electron chi connectivity index (χ3n) is 2.97. The fourth-order valence-corrected chi connectivity index (χ4v) is 2.10. The van der Waals surface area contributed by atoms with Crippen molar-refractivity contribution in [2.75, 3.05) is 0 Å². The predicted octanol–water partition coefficient (Wildman–Crippen LogP) is 2.41. The summed E-state index contributed by atoms with van der Waals surface area (Å²) in [7, 11) is 0.